The second-order valence-corrected chi connectivity index (χ2v) is 5.49. The molecule has 1 aromatic heterocycles. The second-order valence-electron chi connectivity index (χ2n) is 5.49. The maximum Gasteiger partial charge on any atom is 0.134 e. The quantitative estimate of drug-likeness (QED) is 0.799. The average molecular weight is 278 g/mol. The van der Waals surface area contributed by atoms with E-state index < -0.39 is 0 Å². The number of aliphatic hydroxyl groups excluding tert-OH is 1. The first-order valence-corrected chi connectivity index (χ1v) is 7.74. The van der Waals surface area contributed by atoms with Crippen molar-refractivity contribution < 1.29 is 5.11 Å². The van der Waals surface area contributed by atoms with Crippen LogP contribution in [0.15, 0.2) is 6.07 Å². The number of hydrogen-bond donors (Lipinski definition) is 2. The minimum Gasteiger partial charge on any atom is -0.396 e. The third kappa shape index (κ3) is 3.82. The Kier molecular flexibility index (Phi) is 5.59. The minimum atomic E-state index is 0.268. The van der Waals surface area contributed by atoms with E-state index >= 15 is 0 Å². The topological polar surface area (TPSA) is 61.3 Å². The monoisotopic (exact) mass is 278 g/mol. The molecule has 0 bridgehead atoms. The third-order valence-electron chi connectivity index (χ3n) is 3.66. The molecule has 2 rings (SSSR count). The van der Waals surface area contributed by atoms with Crippen molar-refractivity contribution in [3.05, 3.63) is 11.9 Å². The highest BCUT2D eigenvalue weighted by Crippen LogP contribution is 2.24. The summed E-state index contributed by atoms with van der Waals surface area (Å²) in [6.07, 6.45) is 4.09. The van der Waals surface area contributed by atoms with Crippen molar-refractivity contribution in [3.8, 4) is 0 Å². The van der Waals surface area contributed by atoms with Crippen LogP contribution in [0.2, 0.25) is 0 Å². The van der Waals surface area contributed by atoms with Gasteiger partial charge in [0.25, 0.3) is 0 Å². The molecule has 5 heteroatoms. The van der Waals surface area contributed by atoms with Gasteiger partial charge in [-0.15, -0.1) is 0 Å². The smallest absolute Gasteiger partial charge is 0.134 e. The van der Waals surface area contributed by atoms with Gasteiger partial charge in [0.2, 0.25) is 0 Å². The van der Waals surface area contributed by atoms with Crippen LogP contribution in [0.4, 0.5) is 11.6 Å². The lowest BCUT2D eigenvalue weighted by Gasteiger charge is -2.19. The minimum absolute atomic E-state index is 0.268. The number of aromatic nitrogens is 2. The van der Waals surface area contributed by atoms with E-state index in [2.05, 4.69) is 34.0 Å². The van der Waals surface area contributed by atoms with Crippen molar-refractivity contribution in [3.63, 3.8) is 0 Å². The summed E-state index contributed by atoms with van der Waals surface area (Å²) in [4.78, 5) is 11.5. The maximum absolute atomic E-state index is 9.27. The van der Waals surface area contributed by atoms with Gasteiger partial charge in [0, 0.05) is 44.6 Å². The molecule has 0 aliphatic carbocycles. The fraction of sp³-hybridized carbons (Fsp3) is 0.733. The first-order valence-electron chi connectivity index (χ1n) is 7.74. The van der Waals surface area contributed by atoms with Gasteiger partial charge in [-0.1, -0.05) is 13.8 Å². The molecule has 0 saturated carbocycles. The molecule has 20 heavy (non-hydrogen) atoms. The van der Waals surface area contributed by atoms with E-state index in [1.54, 1.807) is 0 Å². The molecule has 0 aromatic carbocycles. The van der Waals surface area contributed by atoms with Crippen molar-refractivity contribution in [1.29, 1.82) is 0 Å². The molecular formula is C15H26N4O. The molecule has 1 aromatic rings. The molecular weight excluding hydrogens is 252 g/mol. The molecule has 0 radical (unpaired) electrons. The number of aryl methyl sites for hydroxylation is 1. The van der Waals surface area contributed by atoms with Crippen LogP contribution in [0, 0.1) is 5.92 Å². The summed E-state index contributed by atoms with van der Waals surface area (Å²) in [7, 11) is 0. The summed E-state index contributed by atoms with van der Waals surface area (Å²) in [6, 6.07) is 2.04. The Labute approximate surface area is 121 Å². The molecule has 5 nitrogen and oxygen atoms in total. The van der Waals surface area contributed by atoms with E-state index in [1.165, 1.54) is 0 Å². The zero-order valence-corrected chi connectivity index (χ0v) is 12.6. The van der Waals surface area contributed by atoms with Gasteiger partial charge in [-0.2, -0.15) is 0 Å². The standard InChI is InChI=1S/C15H26N4O/c1-3-5-13-17-14(16-7-4-2)9-15(18-13)19-8-6-12(10-19)11-20/h9,12,20H,3-8,10-11H2,1-2H3,(H,16,17,18). The number of anilines is 2. The fourth-order valence-electron chi connectivity index (χ4n) is 2.51. The molecule has 2 heterocycles. The SMILES string of the molecule is CCCNc1cc(N2CCC(CO)C2)nc(CCC)n1. The van der Waals surface area contributed by atoms with Crippen LogP contribution in [0.5, 0.6) is 0 Å². The van der Waals surface area contributed by atoms with Crippen LogP contribution < -0.4 is 10.2 Å². The Bertz CT molecular complexity index is 424. The lowest BCUT2D eigenvalue weighted by Crippen LogP contribution is -2.22. The van der Waals surface area contributed by atoms with E-state index in [1.807, 2.05) is 6.07 Å². The van der Waals surface area contributed by atoms with E-state index in [9.17, 15) is 5.11 Å². The number of rotatable bonds is 7. The van der Waals surface area contributed by atoms with Crippen LogP contribution in [0.1, 0.15) is 38.9 Å². The van der Waals surface area contributed by atoms with Crippen LogP contribution in [0.25, 0.3) is 0 Å². The van der Waals surface area contributed by atoms with Crippen LogP contribution in [0.3, 0.4) is 0 Å². The summed E-state index contributed by atoms with van der Waals surface area (Å²) in [5, 5.41) is 12.6. The number of hydrogen-bond acceptors (Lipinski definition) is 5. The molecule has 1 unspecified atom stereocenters. The van der Waals surface area contributed by atoms with Gasteiger partial charge >= 0.3 is 0 Å². The van der Waals surface area contributed by atoms with Crippen molar-refractivity contribution in [2.45, 2.75) is 39.5 Å². The number of aliphatic hydroxyl groups is 1. The Morgan fingerprint density at radius 1 is 1.35 bits per heavy atom. The fourth-order valence-corrected chi connectivity index (χ4v) is 2.51. The van der Waals surface area contributed by atoms with E-state index in [4.69, 9.17) is 0 Å². The highest BCUT2D eigenvalue weighted by atomic mass is 16.3. The van der Waals surface area contributed by atoms with Crippen molar-refractivity contribution in [2.24, 2.45) is 5.92 Å². The lowest BCUT2D eigenvalue weighted by molar-refractivity contribution is 0.238. The van der Waals surface area contributed by atoms with Crippen molar-refractivity contribution in [2.75, 3.05) is 36.5 Å². The van der Waals surface area contributed by atoms with Crippen LogP contribution in [-0.4, -0.2) is 41.3 Å². The van der Waals surface area contributed by atoms with E-state index in [-0.39, 0.29) is 6.61 Å². The molecule has 1 saturated heterocycles. The van der Waals surface area contributed by atoms with Gasteiger partial charge < -0.3 is 15.3 Å². The first kappa shape index (κ1) is 15.0. The van der Waals surface area contributed by atoms with Gasteiger partial charge in [0.1, 0.15) is 17.5 Å². The van der Waals surface area contributed by atoms with Gasteiger partial charge in [-0.3, -0.25) is 0 Å². The third-order valence-corrected chi connectivity index (χ3v) is 3.66. The average Bonchev–Trinajstić information content (AvgIpc) is 2.94. The Balaban J connectivity index is 2.15. The molecule has 1 aliphatic heterocycles. The summed E-state index contributed by atoms with van der Waals surface area (Å²) < 4.78 is 0. The predicted octanol–water partition coefficient (Wildman–Crippen LogP) is 2.07. The molecule has 112 valence electrons. The molecule has 2 N–H and O–H groups in total. The van der Waals surface area contributed by atoms with Gasteiger partial charge in [0.15, 0.2) is 0 Å². The Morgan fingerprint density at radius 2 is 2.20 bits per heavy atom. The largest absolute Gasteiger partial charge is 0.396 e. The second kappa shape index (κ2) is 7.43. The molecule has 0 spiro atoms. The van der Waals surface area contributed by atoms with Crippen LogP contribution >= 0.6 is 0 Å². The Morgan fingerprint density at radius 3 is 2.85 bits per heavy atom. The maximum atomic E-state index is 9.27. The number of nitrogens with one attached hydrogen (secondary N) is 1. The van der Waals surface area contributed by atoms with E-state index in [0.29, 0.717) is 5.92 Å². The van der Waals surface area contributed by atoms with Crippen LogP contribution in [-0.2, 0) is 6.42 Å². The zero-order valence-electron chi connectivity index (χ0n) is 12.6. The molecule has 0 amide bonds. The highest BCUT2D eigenvalue weighted by Gasteiger charge is 2.23. The predicted molar refractivity (Wildman–Crippen MR) is 82.2 cm³/mol. The normalized spacial score (nSPS) is 18.6. The van der Waals surface area contributed by atoms with Gasteiger partial charge in [0.05, 0.1) is 0 Å². The zero-order chi connectivity index (χ0) is 14.4. The van der Waals surface area contributed by atoms with Gasteiger partial charge in [-0.25, -0.2) is 9.97 Å². The van der Waals surface area contributed by atoms with Crippen molar-refractivity contribution in [1.82, 2.24) is 9.97 Å². The Hall–Kier alpha value is -1.36. The number of nitrogens with zero attached hydrogens (tertiary/aromatic N) is 3. The lowest BCUT2D eigenvalue weighted by atomic mass is 10.1. The molecule has 1 fully saturated rings. The highest BCUT2D eigenvalue weighted by molar-refractivity contribution is 5.50. The summed E-state index contributed by atoms with van der Waals surface area (Å²) in [6.45, 7) is 7.36. The summed E-state index contributed by atoms with van der Waals surface area (Å²) in [5.41, 5.74) is 0. The first-order chi connectivity index (χ1) is 9.76. The van der Waals surface area contributed by atoms with E-state index in [0.717, 1.165) is 62.8 Å². The molecule has 1 atom stereocenters. The summed E-state index contributed by atoms with van der Waals surface area (Å²) in [5.74, 6) is 3.22. The summed E-state index contributed by atoms with van der Waals surface area (Å²) >= 11 is 0. The molecule has 1 aliphatic rings. The van der Waals surface area contributed by atoms with Crippen molar-refractivity contribution >= 4 is 11.6 Å². The van der Waals surface area contributed by atoms with Gasteiger partial charge in [-0.05, 0) is 19.3 Å².